The molecule has 2 unspecified atom stereocenters. The molecule has 2 rings (SSSR count). The molecule has 2 atom stereocenters. The van der Waals surface area contributed by atoms with Crippen LogP contribution in [0.1, 0.15) is 37.2 Å². The van der Waals surface area contributed by atoms with Crippen LogP contribution in [0, 0.1) is 0 Å². The van der Waals surface area contributed by atoms with E-state index in [0.717, 1.165) is 11.8 Å². The third-order valence-electron chi connectivity index (χ3n) is 2.90. The second-order valence-corrected chi connectivity index (χ2v) is 4.47. The van der Waals surface area contributed by atoms with Gasteiger partial charge in [-0.3, -0.25) is 5.32 Å². The number of rotatable bonds is 1. The van der Waals surface area contributed by atoms with Gasteiger partial charge in [0.15, 0.2) is 0 Å². The molecule has 1 heterocycles. The van der Waals surface area contributed by atoms with Crippen molar-refractivity contribution in [1.29, 1.82) is 0 Å². The van der Waals surface area contributed by atoms with Crippen LogP contribution in [-0.2, 0) is 4.79 Å². The fraction of sp³-hybridized carbons (Fsp3) is 0.417. The Hall–Kier alpha value is -1.22. The molecule has 80 valence electrons. The maximum Gasteiger partial charge on any atom is 0.143 e. The number of nitrogens with one attached hydrogen (secondary N) is 1. The molecular weight excluding hydrogens is 193 g/mol. The average Bonchev–Trinajstić information content (AvgIpc) is 2.24. The summed E-state index contributed by atoms with van der Waals surface area (Å²) >= 11 is 0. The molecule has 0 radical (unpaired) electrons. The van der Waals surface area contributed by atoms with E-state index in [1.54, 1.807) is 32.0 Å². The van der Waals surface area contributed by atoms with Crippen LogP contribution in [-0.4, -0.2) is 11.8 Å². The molecule has 2 nitrogen and oxygen atoms in total. The molecule has 3 heteroatoms. The van der Waals surface area contributed by atoms with Gasteiger partial charge in [0.1, 0.15) is 12.5 Å². The molecule has 0 saturated heterocycles. The molecule has 0 spiro atoms. The number of hydrogen-bond donors (Lipinski definition) is 1. The van der Waals surface area contributed by atoms with Gasteiger partial charge in [-0.05, 0) is 25.0 Å². The highest BCUT2D eigenvalue weighted by molar-refractivity contribution is 5.64. The fourth-order valence-corrected chi connectivity index (χ4v) is 2.07. The third kappa shape index (κ3) is 1.57. The van der Waals surface area contributed by atoms with Crippen LogP contribution >= 0.6 is 0 Å². The Bertz CT molecular complexity index is 389. The number of halogens is 1. The first-order chi connectivity index (χ1) is 7.06. The zero-order valence-electron chi connectivity index (χ0n) is 8.83. The van der Waals surface area contributed by atoms with Gasteiger partial charge >= 0.3 is 0 Å². The van der Waals surface area contributed by atoms with Crippen molar-refractivity contribution in [2.75, 3.05) is 0 Å². The van der Waals surface area contributed by atoms with E-state index in [2.05, 4.69) is 5.32 Å². The van der Waals surface area contributed by atoms with E-state index in [4.69, 9.17) is 0 Å². The van der Waals surface area contributed by atoms with Crippen molar-refractivity contribution >= 4 is 6.29 Å². The van der Waals surface area contributed by atoms with Crippen LogP contribution in [0.15, 0.2) is 24.3 Å². The largest absolute Gasteiger partial charge is 0.301 e. The summed E-state index contributed by atoms with van der Waals surface area (Å²) in [5, 5.41) is 3.01. The molecule has 0 aromatic heterocycles. The second kappa shape index (κ2) is 3.42. The van der Waals surface area contributed by atoms with E-state index < -0.39 is 17.8 Å². The summed E-state index contributed by atoms with van der Waals surface area (Å²) in [7, 11) is 0. The zero-order chi connectivity index (χ0) is 11.1. The molecule has 0 fully saturated rings. The summed E-state index contributed by atoms with van der Waals surface area (Å²) in [5.41, 5.74) is 0.678. The number of fused-ring (bicyclic) bond motifs is 1. The lowest BCUT2D eigenvalue weighted by Crippen LogP contribution is -2.49. The quantitative estimate of drug-likeness (QED) is 0.716. The molecular formula is C12H14FNO. The van der Waals surface area contributed by atoms with Gasteiger partial charge in [0.25, 0.3) is 0 Å². The van der Waals surface area contributed by atoms with E-state index in [-0.39, 0.29) is 0 Å². The Morgan fingerprint density at radius 1 is 1.33 bits per heavy atom. The van der Waals surface area contributed by atoms with Crippen molar-refractivity contribution in [3.8, 4) is 0 Å². The van der Waals surface area contributed by atoms with Crippen LogP contribution in [0.2, 0.25) is 0 Å². The third-order valence-corrected chi connectivity index (χ3v) is 2.90. The van der Waals surface area contributed by atoms with Crippen molar-refractivity contribution in [2.24, 2.45) is 0 Å². The van der Waals surface area contributed by atoms with Crippen molar-refractivity contribution in [3.05, 3.63) is 35.4 Å². The molecule has 1 N–H and O–H groups in total. The maximum absolute atomic E-state index is 14.1. The lowest BCUT2D eigenvalue weighted by Gasteiger charge is -2.39. The average molecular weight is 207 g/mol. The molecule has 1 aromatic carbocycles. The van der Waals surface area contributed by atoms with Crippen LogP contribution in [0.4, 0.5) is 4.39 Å². The molecule has 15 heavy (non-hydrogen) atoms. The minimum Gasteiger partial charge on any atom is -0.301 e. The molecule has 0 amide bonds. The highest BCUT2D eigenvalue weighted by Crippen LogP contribution is 2.39. The smallest absolute Gasteiger partial charge is 0.143 e. The van der Waals surface area contributed by atoms with Crippen LogP contribution in [0.25, 0.3) is 0 Å². The minimum atomic E-state index is -1.08. The summed E-state index contributed by atoms with van der Waals surface area (Å²) in [6, 6.07) is 6.77. The first-order valence-electron chi connectivity index (χ1n) is 5.02. The Morgan fingerprint density at radius 3 is 2.53 bits per heavy atom. The molecule has 1 aliphatic rings. The summed E-state index contributed by atoms with van der Waals surface area (Å²) < 4.78 is 14.1. The van der Waals surface area contributed by atoms with E-state index in [0.29, 0.717) is 5.56 Å². The Labute approximate surface area is 88.5 Å². The van der Waals surface area contributed by atoms with Gasteiger partial charge in [-0.15, -0.1) is 0 Å². The van der Waals surface area contributed by atoms with Crippen molar-refractivity contribution < 1.29 is 9.18 Å². The molecule has 0 aliphatic carbocycles. The van der Waals surface area contributed by atoms with E-state index in [9.17, 15) is 9.18 Å². The summed E-state index contributed by atoms with van der Waals surface area (Å²) in [5.74, 6) is 0. The van der Waals surface area contributed by atoms with Gasteiger partial charge in [0, 0.05) is 5.54 Å². The number of aldehydes is 1. The molecule has 0 saturated carbocycles. The lowest BCUT2D eigenvalue weighted by molar-refractivity contribution is -0.110. The minimum absolute atomic E-state index is 0.400. The molecule has 1 aromatic rings. The van der Waals surface area contributed by atoms with Crippen LogP contribution in [0.3, 0.4) is 0 Å². The lowest BCUT2D eigenvalue weighted by atomic mass is 9.82. The Kier molecular flexibility index (Phi) is 2.35. The van der Waals surface area contributed by atoms with Gasteiger partial charge in [-0.25, -0.2) is 4.39 Å². The van der Waals surface area contributed by atoms with E-state index >= 15 is 0 Å². The van der Waals surface area contributed by atoms with Gasteiger partial charge in [-0.1, -0.05) is 24.3 Å². The number of carbonyl (C=O) groups is 1. The van der Waals surface area contributed by atoms with Gasteiger partial charge < -0.3 is 4.79 Å². The second-order valence-electron chi connectivity index (χ2n) is 4.47. The predicted molar refractivity (Wildman–Crippen MR) is 56.3 cm³/mol. The monoisotopic (exact) mass is 207 g/mol. The molecule has 0 bridgehead atoms. The normalized spacial score (nSPS) is 28.2. The van der Waals surface area contributed by atoms with E-state index in [1.165, 1.54) is 0 Å². The van der Waals surface area contributed by atoms with Gasteiger partial charge in [0.05, 0.1) is 6.04 Å². The number of benzene rings is 1. The topological polar surface area (TPSA) is 29.1 Å². The van der Waals surface area contributed by atoms with Gasteiger partial charge in [0.2, 0.25) is 0 Å². The maximum atomic E-state index is 14.1. The molecule has 1 aliphatic heterocycles. The first kappa shape index (κ1) is 10.3. The van der Waals surface area contributed by atoms with Crippen LogP contribution in [0.5, 0.6) is 0 Å². The Morgan fingerprint density at radius 2 is 1.93 bits per heavy atom. The van der Waals surface area contributed by atoms with Crippen molar-refractivity contribution in [2.45, 2.75) is 31.6 Å². The highest BCUT2D eigenvalue weighted by atomic mass is 19.1. The standard InChI is InChI=1S/C12H14FNO/c1-12(2)11(13)9-6-4-3-5-8(9)10(7-15)14-12/h3-7,10-11,14H,1-2H3. The van der Waals surface area contributed by atoms with Gasteiger partial charge in [-0.2, -0.15) is 0 Å². The predicted octanol–water partition coefficient (Wildman–Crippen LogP) is 2.32. The van der Waals surface area contributed by atoms with Crippen LogP contribution < -0.4 is 5.32 Å². The summed E-state index contributed by atoms with van der Waals surface area (Å²) in [4.78, 5) is 10.9. The number of alkyl halides is 1. The number of carbonyl (C=O) groups excluding carboxylic acids is 1. The Balaban J connectivity index is 2.54. The van der Waals surface area contributed by atoms with Crippen molar-refractivity contribution in [3.63, 3.8) is 0 Å². The highest BCUT2D eigenvalue weighted by Gasteiger charge is 2.39. The SMILES string of the molecule is CC1(C)NC(C=O)c2ccccc2C1F. The number of hydrogen-bond acceptors (Lipinski definition) is 2. The zero-order valence-corrected chi connectivity index (χ0v) is 8.83. The van der Waals surface area contributed by atoms with E-state index in [1.807, 2.05) is 6.07 Å². The fourth-order valence-electron chi connectivity index (χ4n) is 2.07. The summed E-state index contributed by atoms with van der Waals surface area (Å²) in [6.07, 6.45) is -0.253. The van der Waals surface area contributed by atoms with Crippen molar-refractivity contribution in [1.82, 2.24) is 5.32 Å². The first-order valence-corrected chi connectivity index (χ1v) is 5.02. The summed E-state index contributed by atoms with van der Waals surface area (Å²) in [6.45, 7) is 3.54.